The monoisotopic (exact) mass is 446 g/mol. The number of nitrogens with one attached hydrogen (secondary N) is 1. The lowest BCUT2D eigenvalue weighted by atomic mass is 9.71. The van der Waals surface area contributed by atoms with E-state index < -0.39 is 16.8 Å². The van der Waals surface area contributed by atoms with Crippen molar-refractivity contribution in [3.63, 3.8) is 0 Å². The topological polar surface area (TPSA) is 98.5 Å². The van der Waals surface area contributed by atoms with Gasteiger partial charge in [0.15, 0.2) is 5.78 Å². The van der Waals surface area contributed by atoms with E-state index in [0.717, 1.165) is 11.3 Å². The minimum Gasteiger partial charge on any atom is -0.460 e. The molecule has 170 valence electrons. The third-order valence-corrected chi connectivity index (χ3v) is 6.08. The SMILES string of the molecule is CC1=C(C(=O)OC(C)C)[C@@H](c2cccc([N+](=O)[O-])c2)C2=C(C[C@@H](c3ccccc3)CC2=O)N1. The lowest BCUT2D eigenvalue weighted by molar-refractivity contribution is -0.384. The molecule has 4 rings (SSSR count). The van der Waals surface area contributed by atoms with Crippen molar-refractivity contribution >= 4 is 17.4 Å². The zero-order valence-electron chi connectivity index (χ0n) is 18.8. The molecular formula is C26H26N2O5. The number of hydrogen-bond acceptors (Lipinski definition) is 6. The van der Waals surface area contributed by atoms with E-state index in [4.69, 9.17) is 4.74 Å². The van der Waals surface area contributed by atoms with Crippen LogP contribution in [0, 0.1) is 10.1 Å². The van der Waals surface area contributed by atoms with E-state index in [1.807, 2.05) is 30.3 Å². The Balaban J connectivity index is 1.83. The zero-order chi connectivity index (χ0) is 23.7. The highest BCUT2D eigenvalue weighted by atomic mass is 16.6. The molecule has 0 spiro atoms. The van der Waals surface area contributed by atoms with E-state index in [1.54, 1.807) is 32.9 Å². The fourth-order valence-electron chi connectivity index (χ4n) is 4.70. The van der Waals surface area contributed by atoms with E-state index in [0.29, 0.717) is 35.2 Å². The first-order valence-electron chi connectivity index (χ1n) is 11.0. The number of benzene rings is 2. The van der Waals surface area contributed by atoms with Crippen LogP contribution in [0.1, 0.15) is 56.6 Å². The van der Waals surface area contributed by atoms with Gasteiger partial charge >= 0.3 is 5.97 Å². The summed E-state index contributed by atoms with van der Waals surface area (Å²) in [7, 11) is 0. The molecule has 0 fully saturated rings. The van der Waals surface area contributed by atoms with Crippen molar-refractivity contribution < 1.29 is 19.2 Å². The predicted molar refractivity (Wildman–Crippen MR) is 123 cm³/mol. The van der Waals surface area contributed by atoms with Gasteiger partial charge in [-0.25, -0.2) is 4.79 Å². The molecule has 0 amide bonds. The summed E-state index contributed by atoms with van der Waals surface area (Å²) in [6, 6.07) is 16.0. The lowest BCUT2D eigenvalue weighted by Crippen LogP contribution is -2.36. The van der Waals surface area contributed by atoms with Gasteiger partial charge in [-0.05, 0) is 44.2 Å². The Kier molecular flexibility index (Phi) is 6.14. The van der Waals surface area contributed by atoms with Crippen molar-refractivity contribution in [2.45, 2.75) is 51.6 Å². The molecule has 0 unspecified atom stereocenters. The second-order valence-corrected chi connectivity index (χ2v) is 8.73. The Labute approximate surface area is 192 Å². The number of carbonyl (C=O) groups excluding carboxylic acids is 2. The van der Waals surface area contributed by atoms with E-state index in [9.17, 15) is 19.7 Å². The van der Waals surface area contributed by atoms with Crippen LogP contribution in [0.2, 0.25) is 0 Å². The molecule has 1 N–H and O–H groups in total. The molecular weight excluding hydrogens is 420 g/mol. The number of hydrogen-bond donors (Lipinski definition) is 1. The molecule has 2 aliphatic rings. The van der Waals surface area contributed by atoms with Gasteiger partial charge in [-0.3, -0.25) is 14.9 Å². The minimum atomic E-state index is -0.725. The number of esters is 1. The largest absolute Gasteiger partial charge is 0.460 e. The molecule has 7 nitrogen and oxygen atoms in total. The van der Waals surface area contributed by atoms with Crippen LogP contribution >= 0.6 is 0 Å². The molecule has 0 aromatic heterocycles. The average Bonchev–Trinajstić information content (AvgIpc) is 2.78. The van der Waals surface area contributed by atoms with Gasteiger partial charge in [0.25, 0.3) is 5.69 Å². The quantitative estimate of drug-likeness (QED) is 0.398. The van der Waals surface area contributed by atoms with Crippen molar-refractivity contribution in [3.8, 4) is 0 Å². The van der Waals surface area contributed by atoms with Crippen LogP contribution in [0.5, 0.6) is 0 Å². The van der Waals surface area contributed by atoms with Crippen LogP contribution in [0.15, 0.2) is 77.1 Å². The number of nitrogens with zero attached hydrogens (tertiary/aromatic N) is 1. The summed E-state index contributed by atoms with van der Waals surface area (Å²) in [4.78, 5) is 37.5. The first kappa shape index (κ1) is 22.5. The lowest BCUT2D eigenvalue weighted by Gasteiger charge is -2.36. The Hall–Kier alpha value is -3.74. The highest BCUT2D eigenvalue weighted by Crippen LogP contribution is 2.46. The molecule has 1 heterocycles. The number of dihydropyridines is 1. The summed E-state index contributed by atoms with van der Waals surface area (Å²) in [5.74, 6) is -1.31. The van der Waals surface area contributed by atoms with Crippen LogP contribution in [-0.4, -0.2) is 22.8 Å². The van der Waals surface area contributed by atoms with Crippen LogP contribution in [0.4, 0.5) is 5.69 Å². The summed E-state index contributed by atoms with van der Waals surface area (Å²) >= 11 is 0. The van der Waals surface area contributed by atoms with Crippen molar-refractivity contribution in [1.29, 1.82) is 0 Å². The number of allylic oxidation sites excluding steroid dienone is 3. The van der Waals surface area contributed by atoms with Crippen LogP contribution in [-0.2, 0) is 14.3 Å². The van der Waals surface area contributed by atoms with E-state index in [2.05, 4.69) is 5.32 Å². The fourth-order valence-corrected chi connectivity index (χ4v) is 4.70. The van der Waals surface area contributed by atoms with Crippen molar-refractivity contribution in [2.24, 2.45) is 0 Å². The van der Waals surface area contributed by atoms with Gasteiger partial charge in [0.05, 0.1) is 16.6 Å². The van der Waals surface area contributed by atoms with Gasteiger partial charge in [0.1, 0.15) is 0 Å². The zero-order valence-corrected chi connectivity index (χ0v) is 18.8. The highest BCUT2D eigenvalue weighted by Gasteiger charge is 2.41. The molecule has 0 saturated heterocycles. The van der Waals surface area contributed by atoms with Crippen molar-refractivity contribution in [3.05, 3.63) is 98.4 Å². The minimum absolute atomic E-state index is 0.0210. The standard InChI is InChI=1S/C26H26N2O5/c1-15(2)33-26(30)23-16(3)27-21-13-19(17-8-5-4-6-9-17)14-22(29)25(21)24(23)18-10-7-11-20(12-18)28(31)32/h4-12,15,19,24,27H,13-14H2,1-3H3/t19-,24-/m1/s1. The van der Waals surface area contributed by atoms with E-state index >= 15 is 0 Å². The molecule has 1 aliphatic heterocycles. The van der Waals surface area contributed by atoms with Gasteiger partial charge < -0.3 is 10.1 Å². The predicted octanol–water partition coefficient (Wildman–Crippen LogP) is 4.91. The van der Waals surface area contributed by atoms with Crippen LogP contribution in [0.25, 0.3) is 0 Å². The number of ketones is 1. The normalized spacial score (nSPS) is 20.4. The third-order valence-electron chi connectivity index (χ3n) is 6.08. The summed E-state index contributed by atoms with van der Waals surface area (Å²) in [5.41, 5.74) is 3.68. The van der Waals surface area contributed by atoms with E-state index in [-0.39, 0.29) is 23.5 Å². The number of rotatable bonds is 5. The molecule has 2 aromatic rings. The van der Waals surface area contributed by atoms with Crippen molar-refractivity contribution in [2.75, 3.05) is 0 Å². The number of nitro groups is 1. The summed E-state index contributed by atoms with van der Waals surface area (Å²) in [6.45, 7) is 5.29. The number of carbonyl (C=O) groups is 2. The molecule has 7 heteroatoms. The van der Waals surface area contributed by atoms with Crippen LogP contribution < -0.4 is 5.32 Å². The first-order valence-corrected chi connectivity index (χ1v) is 11.0. The van der Waals surface area contributed by atoms with Gasteiger partial charge in [0, 0.05) is 41.4 Å². The number of ether oxygens (including phenoxy) is 1. The Morgan fingerprint density at radius 1 is 1.09 bits per heavy atom. The summed E-state index contributed by atoms with van der Waals surface area (Å²) in [5, 5.41) is 14.7. The first-order chi connectivity index (χ1) is 15.8. The van der Waals surface area contributed by atoms with Gasteiger partial charge in [0.2, 0.25) is 0 Å². The molecule has 2 aromatic carbocycles. The maximum Gasteiger partial charge on any atom is 0.337 e. The Morgan fingerprint density at radius 3 is 2.45 bits per heavy atom. The summed E-state index contributed by atoms with van der Waals surface area (Å²) in [6.07, 6.45) is 0.574. The number of non-ortho nitro benzene ring substituents is 1. The molecule has 33 heavy (non-hydrogen) atoms. The second kappa shape index (κ2) is 9.02. The van der Waals surface area contributed by atoms with Gasteiger partial charge in [-0.2, -0.15) is 0 Å². The Bertz CT molecular complexity index is 1180. The third kappa shape index (κ3) is 4.44. The summed E-state index contributed by atoms with van der Waals surface area (Å²) < 4.78 is 5.49. The molecule has 2 atom stereocenters. The average molecular weight is 447 g/mol. The maximum atomic E-state index is 13.5. The van der Waals surface area contributed by atoms with Crippen molar-refractivity contribution in [1.82, 2.24) is 5.32 Å². The smallest absolute Gasteiger partial charge is 0.337 e. The van der Waals surface area contributed by atoms with Gasteiger partial charge in [-0.15, -0.1) is 0 Å². The highest BCUT2D eigenvalue weighted by molar-refractivity contribution is 6.04. The molecule has 0 saturated carbocycles. The molecule has 0 radical (unpaired) electrons. The second-order valence-electron chi connectivity index (χ2n) is 8.73. The number of Topliss-reactive ketones (excluding diaryl/α,β-unsaturated/α-hetero) is 1. The maximum absolute atomic E-state index is 13.5. The van der Waals surface area contributed by atoms with Crippen LogP contribution in [0.3, 0.4) is 0 Å². The van der Waals surface area contributed by atoms with E-state index in [1.165, 1.54) is 12.1 Å². The number of nitro benzene ring substituents is 1. The fraction of sp³-hybridized carbons (Fsp3) is 0.308. The van der Waals surface area contributed by atoms with Gasteiger partial charge in [-0.1, -0.05) is 42.5 Å². The molecule has 0 bridgehead atoms. The molecule has 1 aliphatic carbocycles. The Morgan fingerprint density at radius 2 is 1.79 bits per heavy atom.